The fourth-order valence-electron chi connectivity index (χ4n) is 1.62. The van der Waals surface area contributed by atoms with Crippen LogP contribution in [0.25, 0.3) is 0 Å². The van der Waals surface area contributed by atoms with Crippen LogP contribution in [0.15, 0.2) is 0 Å². The lowest BCUT2D eigenvalue weighted by molar-refractivity contribution is -0.153. The quantitative estimate of drug-likeness (QED) is 0.604. The molecule has 0 amide bonds. The van der Waals surface area contributed by atoms with Gasteiger partial charge in [0.2, 0.25) is 0 Å². The van der Waals surface area contributed by atoms with Crippen LogP contribution < -0.4 is 0 Å². The minimum Gasteiger partial charge on any atom is -0.465 e. The fraction of sp³-hybridized carbons (Fsp3) is 0.867. The van der Waals surface area contributed by atoms with Gasteiger partial charge in [-0.2, -0.15) is 0 Å². The maximum absolute atomic E-state index is 11.5. The lowest BCUT2D eigenvalue weighted by Crippen LogP contribution is -2.19. The average molecular weight is 272 g/mol. The Morgan fingerprint density at radius 3 is 2.00 bits per heavy atom. The number of rotatable bonds is 9. The van der Waals surface area contributed by atoms with Crippen LogP contribution >= 0.6 is 0 Å². The van der Waals surface area contributed by atoms with Crippen LogP contribution in [-0.4, -0.2) is 24.6 Å². The van der Waals surface area contributed by atoms with Crippen LogP contribution in [0.1, 0.15) is 60.3 Å². The van der Waals surface area contributed by atoms with E-state index in [-0.39, 0.29) is 30.9 Å². The van der Waals surface area contributed by atoms with Crippen LogP contribution in [0.2, 0.25) is 0 Å². The Labute approximate surface area is 116 Å². The zero-order valence-electron chi connectivity index (χ0n) is 12.9. The van der Waals surface area contributed by atoms with Crippen molar-refractivity contribution >= 4 is 11.9 Å². The zero-order chi connectivity index (χ0) is 14.8. The van der Waals surface area contributed by atoms with Gasteiger partial charge in [0.05, 0.1) is 25.6 Å². The molecule has 0 aromatic rings. The second kappa shape index (κ2) is 9.82. The van der Waals surface area contributed by atoms with Crippen molar-refractivity contribution < 1.29 is 19.1 Å². The van der Waals surface area contributed by atoms with Gasteiger partial charge < -0.3 is 9.47 Å². The summed E-state index contributed by atoms with van der Waals surface area (Å²) in [7, 11) is 0. The number of carbonyl (C=O) groups is 2. The number of esters is 2. The summed E-state index contributed by atoms with van der Waals surface area (Å²) in [5.74, 6) is 0.228. The molecule has 0 fully saturated rings. The van der Waals surface area contributed by atoms with Crippen LogP contribution in [0, 0.1) is 11.8 Å². The lowest BCUT2D eigenvalue weighted by Gasteiger charge is -2.18. The highest BCUT2D eigenvalue weighted by Crippen LogP contribution is 2.15. The highest BCUT2D eigenvalue weighted by atomic mass is 16.5. The van der Waals surface area contributed by atoms with Crippen molar-refractivity contribution in [2.24, 2.45) is 11.8 Å². The van der Waals surface area contributed by atoms with Gasteiger partial charge in [0, 0.05) is 0 Å². The van der Waals surface area contributed by atoms with Crippen molar-refractivity contribution in [3.8, 4) is 0 Å². The highest BCUT2D eigenvalue weighted by molar-refractivity contribution is 5.77. The molecule has 2 unspecified atom stereocenters. The van der Waals surface area contributed by atoms with E-state index in [1.165, 1.54) is 0 Å². The van der Waals surface area contributed by atoms with Gasteiger partial charge in [0.15, 0.2) is 0 Å². The Morgan fingerprint density at radius 1 is 0.947 bits per heavy atom. The summed E-state index contributed by atoms with van der Waals surface area (Å²) in [6.45, 7) is 10.5. The summed E-state index contributed by atoms with van der Waals surface area (Å²) in [4.78, 5) is 22.9. The SMILES string of the molecule is CCC(C)OC(=O)CCC(=O)OCC(CC)C(C)C. The standard InChI is InChI=1S/C15H28O4/c1-6-12(5)19-15(17)9-8-14(16)18-10-13(7-2)11(3)4/h11-13H,6-10H2,1-5H3. The molecule has 2 atom stereocenters. The van der Waals surface area contributed by atoms with Gasteiger partial charge in [-0.1, -0.05) is 27.7 Å². The molecule has 0 N–H and O–H groups in total. The molecule has 0 aliphatic heterocycles. The van der Waals surface area contributed by atoms with Crippen LogP contribution in [0.3, 0.4) is 0 Å². The zero-order valence-corrected chi connectivity index (χ0v) is 12.9. The maximum Gasteiger partial charge on any atom is 0.306 e. The van der Waals surface area contributed by atoms with E-state index >= 15 is 0 Å². The molecule has 0 aliphatic rings. The van der Waals surface area contributed by atoms with E-state index < -0.39 is 0 Å². The Bertz CT molecular complexity index is 273. The monoisotopic (exact) mass is 272 g/mol. The van der Waals surface area contributed by atoms with Gasteiger partial charge in [-0.05, 0) is 31.6 Å². The number of hydrogen-bond donors (Lipinski definition) is 0. The Morgan fingerprint density at radius 2 is 1.53 bits per heavy atom. The third-order valence-electron chi connectivity index (χ3n) is 3.37. The first-order valence-corrected chi connectivity index (χ1v) is 7.25. The minimum absolute atomic E-state index is 0.0890. The normalized spacial score (nSPS) is 14.0. The average Bonchev–Trinajstić information content (AvgIpc) is 2.36. The lowest BCUT2D eigenvalue weighted by atomic mass is 9.94. The van der Waals surface area contributed by atoms with E-state index in [4.69, 9.17) is 9.47 Å². The van der Waals surface area contributed by atoms with Crippen molar-refractivity contribution in [3.63, 3.8) is 0 Å². The molecule has 0 aromatic heterocycles. The Hall–Kier alpha value is -1.06. The maximum atomic E-state index is 11.5. The van der Waals surface area contributed by atoms with Crippen molar-refractivity contribution in [2.75, 3.05) is 6.61 Å². The third-order valence-corrected chi connectivity index (χ3v) is 3.37. The van der Waals surface area contributed by atoms with Gasteiger partial charge in [0.1, 0.15) is 0 Å². The fourth-order valence-corrected chi connectivity index (χ4v) is 1.62. The summed E-state index contributed by atoms with van der Waals surface area (Å²) >= 11 is 0. The largest absolute Gasteiger partial charge is 0.465 e. The predicted molar refractivity (Wildman–Crippen MR) is 74.7 cm³/mol. The number of carbonyl (C=O) groups excluding carboxylic acids is 2. The van der Waals surface area contributed by atoms with E-state index in [0.717, 1.165) is 12.8 Å². The van der Waals surface area contributed by atoms with E-state index in [9.17, 15) is 9.59 Å². The van der Waals surface area contributed by atoms with Crippen molar-refractivity contribution in [1.82, 2.24) is 0 Å². The number of hydrogen-bond acceptors (Lipinski definition) is 4. The summed E-state index contributed by atoms with van der Waals surface area (Å²) in [6.07, 6.45) is 1.88. The van der Waals surface area contributed by atoms with Crippen LogP contribution in [0.4, 0.5) is 0 Å². The molecular weight excluding hydrogens is 244 g/mol. The molecule has 4 heteroatoms. The predicted octanol–water partition coefficient (Wildman–Crippen LogP) is 3.33. The highest BCUT2D eigenvalue weighted by Gasteiger charge is 2.15. The minimum atomic E-state index is -0.331. The van der Waals surface area contributed by atoms with Crippen molar-refractivity contribution in [2.45, 2.75) is 66.4 Å². The van der Waals surface area contributed by atoms with Gasteiger partial charge in [-0.25, -0.2) is 0 Å². The smallest absolute Gasteiger partial charge is 0.306 e. The molecule has 0 rings (SSSR count). The topological polar surface area (TPSA) is 52.6 Å². The van der Waals surface area contributed by atoms with Crippen molar-refractivity contribution in [1.29, 1.82) is 0 Å². The second-order valence-electron chi connectivity index (χ2n) is 5.30. The summed E-state index contributed by atoms with van der Waals surface area (Å²) < 4.78 is 10.3. The molecule has 112 valence electrons. The summed E-state index contributed by atoms with van der Waals surface area (Å²) in [6, 6.07) is 0. The molecule has 0 saturated heterocycles. The van der Waals surface area contributed by atoms with E-state index in [1.54, 1.807) is 0 Å². The molecule has 0 radical (unpaired) electrons. The Kier molecular flexibility index (Phi) is 9.27. The van der Waals surface area contributed by atoms with Gasteiger partial charge in [-0.3, -0.25) is 9.59 Å². The molecule has 19 heavy (non-hydrogen) atoms. The van der Waals surface area contributed by atoms with Gasteiger partial charge in [-0.15, -0.1) is 0 Å². The molecular formula is C15H28O4. The van der Waals surface area contributed by atoms with E-state index in [1.807, 2.05) is 13.8 Å². The molecule has 0 heterocycles. The van der Waals surface area contributed by atoms with Crippen LogP contribution in [-0.2, 0) is 19.1 Å². The molecule has 0 aliphatic carbocycles. The molecule has 0 bridgehead atoms. The first kappa shape index (κ1) is 17.9. The van der Waals surface area contributed by atoms with Crippen LogP contribution in [0.5, 0.6) is 0 Å². The van der Waals surface area contributed by atoms with E-state index in [2.05, 4.69) is 20.8 Å². The Balaban J connectivity index is 3.84. The number of ether oxygens (including phenoxy) is 2. The van der Waals surface area contributed by atoms with Gasteiger partial charge in [0.25, 0.3) is 0 Å². The first-order valence-electron chi connectivity index (χ1n) is 7.25. The van der Waals surface area contributed by atoms with Gasteiger partial charge >= 0.3 is 11.9 Å². The summed E-state index contributed by atoms with van der Waals surface area (Å²) in [5.41, 5.74) is 0. The first-order chi connectivity index (χ1) is 8.90. The third kappa shape index (κ3) is 8.62. The molecule has 4 nitrogen and oxygen atoms in total. The molecule has 0 spiro atoms. The van der Waals surface area contributed by atoms with Crippen molar-refractivity contribution in [3.05, 3.63) is 0 Å². The summed E-state index contributed by atoms with van der Waals surface area (Å²) in [5, 5.41) is 0. The second-order valence-corrected chi connectivity index (χ2v) is 5.30. The molecule has 0 aromatic carbocycles. The molecule has 0 saturated carbocycles. The van der Waals surface area contributed by atoms with E-state index in [0.29, 0.717) is 18.4 Å².